The number of hydrogen-bond donors (Lipinski definition) is 1. The first-order chi connectivity index (χ1) is 10.1. The van der Waals surface area contributed by atoms with Crippen molar-refractivity contribution >= 4 is 22.5 Å². The van der Waals surface area contributed by atoms with Gasteiger partial charge < -0.3 is 9.88 Å². The first kappa shape index (κ1) is 13.3. The highest BCUT2D eigenvalue weighted by molar-refractivity contribution is 6.06. The van der Waals surface area contributed by atoms with E-state index in [-0.39, 0.29) is 11.4 Å². The SMILES string of the molecule is Cn1c(C(=O)Nc2ccccc2F)cc2c(F)cccc21. The summed E-state index contributed by atoms with van der Waals surface area (Å²) in [4.78, 5) is 12.2. The molecule has 2 aromatic carbocycles. The van der Waals surface area contributed by atoms with Crippen LogP contribution in [-0.4, -0.2) is 10.5 Å². The third-order valence-electron chi connectivity index (χ3n) is 3.39. The highest BCUT2D eigenvalue weighted by Gasteiger charge is 2.16. The number of hydrogen-bond acceptors (Lipinski definition) is 1. The van der Waals surface area contributed by atoms with Gasteiger partial charge in [-0.3, -0.25) is 4.79 Å². The number of para-hydroxylation sites is 1. The molecule has 1 amide bonds. The first-order valence-corrected chi connectivity index (χ1v) is 6.38. The number of benzene rings is 2. The number of nitrogens with one attached hydrogen (secondary N) is 1. The number of aryl methyl sites for hydroxylation is 1. The zero-order valence-corrected chi connectivity index (χ0v) is 11.2. The van der Waals surface area contributed by atoms with Gasteiger partial charge in [0.15, 0.2) is 0 Å². The quantitative estimate of drug-likeness (QED) is 0.765. The molecule has 0 aliphatic rings. The fraction of sp³-hybridized carbons (Fsp3) is 0.0625. The Bertz CT molecular complexity index is 839. The number of anilines is 1. The summed E-state index contributed by atoms with van der Waals surface area (Å²) in [6, 6.07) is 12.0. The summed E-state index contributed by atoms with van der Waals surface area (Å²) in [5.41, 5.74) is 0.959. The van der Waals surface area contributed by atoms with Crippen LogP contribution in [0.5, 0.6) is 0 Å². The molecule has 0 radical (unpaired) electrons. The van der Waals surface area contributed by atoms with Gasteiger partial charge >= 0.3 is 0 Å². The lowest BCUT2D eigenvalue weighted by atomic mass is 10.2. The maximum atomic E-state index is 13.7. The van der Waals surface area contributed by atoms with E-state index in [1.165, 1.54) is 30.3 Å². The molecule has 0 spiro atoms. The molecule has 1 heterocycles. The second-order valence-electron chi connectivity index (χ2n) is 4.70. The molecule has 0 fully saturated rings. The Morgan fingerprint density at radius 2 is 1.76 bits per heavy atom. The van der Waals surface area contributed by atoms with Crippen LogP contribution >= 0.6 is 0 Å². The minimum Gasteiger partial charge on any atom is -0.340 e. The van der Waals surface area contributed by atoms with Gasteiger partial charge in [0.05, 0.1) is 11.2 Å². The molecule has 0 saturated heterocycles. The molecule has 1 N–H and O–H groups in total. The van der Waals surface area contributed by atoms with Crippen LogP contribution in [0.3, 0.4) is 0 Å². The molecule has 106 valence electrons. The van der Waals surface area contributed by atoms with Gasteiger partial charge in [-0.15, -0.1) is 0 Å². The summed E-state index contributed by atoms with van der Waals surface area (Å²) >= 11 is 0. The number of carbonyl (C=O) groups is 1. The summed E-state index contributed by atoms with van der Waals surface area (Å²) in [5, 5.41) is 2.85. The molecule has 1 aromatic heterocycles. The van der Waals surface area contributed by atoms with Gasteiger partial charge in [-0.05, 0) is 30.3 Å². The molecule has 21 heavy (non-hydrogen) atoms. The smallest absolute Gasteiger partial charge is 0.272 e. The maximum Gasteiger partial charge on any atom is 0.272 e. The second-order valence-corrected chi connectivity index (χ2v) is 4.70. The van der Waals surface area contributed by atoms with E-state index in [2.05, 4.69) is 5.32 Å². The molecule has 5 heteroatoms. The summed E-state index contributed by atoms with van der Waals surface area (Å²) in [6.45, 7) is 0. The number of rotatable bonds is 2. The second kappa shape index (κ2) is 5.01. The Kier molecular flexibility index (Phi) is 3.17. The molecule has 0 bridgehead atoms. The van der Waals surface area contributed by atoms with E-state index in [9.17, 15) is 13.6 Å². The van der Waals surface area contributed by atoms with Gasteiger partial charge in [-0.1, -0.05) is 18.2 Å². The van der Waals surface area contributed by atoms with E-state index in [0.717, 1.165) is 0 Å². The summed E-state index contributed by atoms with van der Waals surface area (Å²) in [5.74, 6) is -1.40. The van der Waals surface area contributed by atoms with Crippen LogP contribution in [-0.2, 0) is 7.05 Å². The van der Waals surface area contributed by atoms with Gasteiger partial charge in [0, 0.05) is 12.4 Å². The minimum atomic E-state index is -0.518. The average molecular weight is 286 g/mol. The molecule has 0 atom stereocenters. The zero-order chi connectivity index (χ0) is 15.0. The Morgan fingerprint density at radius 3 is 2.48 bits per heavy atom. The number of halogens is 2. The van der Waals surface area contributed by atoms with Gasteiger partial charge in [0.1, 0.15) is 17.3 Å². The van der Waals surface area contributed by atoms with Crippen LogP contribution in [0.2, 0.25) is 0 Å². The fourth-order valence-electron chi connectivity index (χ4n) is 2.29. The molecule has 3 aromatic rings. The van der Waals surface area contributed by atoms with Crippen molar-refractivity contribution in [1.29, 1.82) is 0 Å². The van der Waals surface area contributed by atoms with Crippen molar-refractivity contribution in [1.82, 2.24) is 4.57 Å². The molecule has 3 rings (SSSR count). The average Bonchev–Trinajstić information content (AvgIpc) is 2.81. The molecule has 0 unspecified atom stereocenters. The van der Waals surface area contributed by atoms with Crippen LogP contribution in [0, 0.1) is 11.6 Å². The lowest BCUT2D eigenvalue weighted by Gasteiger charge is -2.07. The maximum absolute atomic E-state index is 13.7. The summed E-state index contributed by atoms with van der Waals surface area (Å²) in [6.07, 6.45) is 0. The Balaban J connectivity index is 2.01. The van der Waals surface area contributed by atoms with E-state index in [1.54, 1.807) is 29.8 Å². The standard InChI is InChI=1S/C16H12F2N2O/c1-20-14-8-4-6-11(17)10(14)9-15(20)16(21)19-13-7-3-2-5-12(13)18/h2-9H,1H3,(H,19,21). The molecule has 3 nitrogen and oxygen atoms in total. The van der Waals surface area contributed by atoms with Crippen molar-refractivity contribution in [3.05, 3.63) is 65.9 Å². The lowest BCUT2D eigenvalue weighted by molar-refractivity contribution is 0.101. The Morgan fingerprint density at radius 1 is 1.05 bits per heavy atom. The Hall–Kier alpha value is -2.69. The zero-order valence-electron chi connectivity index (χ0n) is 11.2. The van der Waals surface area contributed by atoms with Crippen LogP contribution in [0.4, 0.5) is 14.5 Å². The van der Waals surface area contributed by atoms with Gasteiger partial charge in [0.25, 0.3) is 5.91 Å². The molecule has 0 aliphatic heterocycles. The lowest BCUT2D eigenvalue weighted by Crippen LogP contribution is -2.16. The van der Waals surface area contributed by atoms with E-state index in [1.807, 2.05) is 0 Å². The molecule has 0 aliphatic carbocycles. The van der Waals surface area contributed by atoms with Crippen molar-refractivity contribution in [3.63, 3.8) is 0 Å². The number of fused-ring (bicyclic) bond motifs is 1. The van der Waals surface area contributed by atoms with Crippen molar-refractivity contribution < 1.29 is 13.6 Å². The van der Waals surface area contributed by atoms with Gasteiger partial charge in [-0.25, -0.2) is 8.78 Å². The highest BCUT2D eigenvalue weighted by atomic mass is 19.1. The minimum absolute atomic E-state index is 0.0910. The third kappa shape index (κ3) is 2.27. The number of carbonyl (C=O) groups excluding carboxylic acids is 1. The van der Waals surface area contributed by atoms with Crippen LogP contribution in [0.15, 0.2) is 48.5 Å². The van der Waals surface area contributed by atoms with Crippen molar-refractivity contribution in [3.8, 4) is 0 Å². The predicted octanol–water partition coefficient (Wildman–Crippen LogP) is 3.71. The third-order valence-corrected chi connectivity index (χ3v) is 3.39. The van der Waals surface area contributed by atoms with E-state index >= 15 is 0 Å². The van der Waals surface area contributed by atoms with Crippen LogP contribution in [0.1, 0.15) is 10.5 Å². The summed E-state index contributed by atoms with van der Waals surface area (Å²) < 4.78 is 28.9. The largest absolute Gasteiger partial charge is 0.340 e. The monoisotopic (exact) mass is 286 g/mol. The van der Waals surface area contributed by atoms with Crippen molar-refractivity contribution in [2.75, 3.05) is 5.32 Å². The Labute approximate surface area is 119 Å². The number of aromatic nitrogens is 1. The normalized spacial score (nSPS) is 10.8. The number of amides is 1. The van der Waals surface area contributed by atoms with E-state index in [4.69, 9.17) is 0 Å². The van der Waals surface area contributed by atoms with Crippen LogP contribution in [0.25, 0.3) is 10.9 Å². The van der Waals surface area contributed by atoms with E-state index in [0.29, 0.717) is 10.9 Å². The van der Waals surface area contributed by atoms with Gasteiger partial charge in [0.2, 0.25) is 0 Å². The van der Waals surface area contributed by atoms with E-state index < -0.39 is 17.5 Å². The van der Waals surface area contributed by atoms with Crippen molar-refractivity contribution in [2.24, 2.45) is 7.05 Å². The number of nitrogens with zero attached hydrogens (tertiary/aromatic N) is 1. The fourth-order valence-corrected chi connectivity index (χ4v) is 2.29. The van der Waals surface area contributed by atoms with Crippen molar-refractivity contribution in [2.45, 2.75) is 0 Å². The first-order valence-electron chi connectivity index (χ1n) is 6.38. The highest BCUT2D eigenvalue weighted by Crippen LogP contribution is 2.22. The van der Waals surface area contributed by atoms with Gasteiger partial charge in [-0.2, -0.15) is 0 Å². The molecular formula is C16H12F2N2O. The molecular weight excluding hydrogens is 274 g/mol. The predicted molar refractivity (Wildman–Crippen MR) is 77.2 cm³/mol. The molecule has 0 saturated carbocycles. The summed E-state index contributed by atoms with van der Waals surface area (Å²) in [7, 11) is 1.66. The van der Waals surface area contributed by atoms with Crippen LogP contribution < -0.4 is 5.32 Å². The topological polar surface area (TPSA) is 34.0 Å².